The average molecular weight is 225 g/mol. The van der Waals surface area contributed by atoms with E-state index >= 15 is 0 Å². The molecule has 16 heavy (non-hydrogen) atoms. The molecule has 0 unspecified atom stereocenters. The summed E-state index contributed by atoms with van der Waals surface area (Å²) in [5.41, 5.74) is 0. The summed E-state index contributed by atoms with van der Waals surface area (Å²) >= 11 is 0. The van der Waals surface area contributed by atoms with E-state index in [0.717, 1.165) is 24.9 Å². The second-order valence-corrected chi connectivity index (χ2v) is 4.97. The summed E-state index contributed by atoms with van der Waals surface area (Å²) in [5.74, 6) is 1.75. The van der Waals surface area contributed by atoms with Gasteiger partial charge in [0.1, 0.15) is 0 Å². The number of hydrogen-bond donors (Lipinski definition) is 2. The Hall–Kier alpha value is -0.770. The third kappa shape index (κ3) is 2.67. The third-order valence-electron chi connectivity index (χ3n) is 4.09. The number of likely N-dealkylation sites (tertiary alicyclic amines) is 1. The molecule has 92 valence electrons. The number of urea groups is 1. The van der Waals surface area contributed by atoms with Crippen LogP contribution >= 0.6 is 0 Å². The molecule has 0 aromatic rings. The maximum atomic E-state index is 11.5. The van der Waals surface area contributed by atoms with Crippen molar-refractivity contribution in [2.24, 2.45) is 11.8 Å². The van der Waals surface area contributed by atoms with Gasteiger partial charge in [-0.05, 0) is 50.6 Å². The van der Waals surface area contributed by atoms with E-state index in [1.807, 2.05) is 4.90 Å². The fourth-order valence-electron chi connectivity index (χ4n) is 3.05. The molecule has 2 fully saturated rings. The second kappa shape index (κ2) is 5.53. The zero-order valence-corrected chi connectivity index (χ0v) is 10.2. The molecule has 0 spiro atoms. The molecule has 0 bridgehead atoms. The van der Waals surface area contributed by atoms with Crippen LogP contribution in [0.3, 0.4) is 0 Å². The summed E-state index contributed by atoms with van der Waals surface area (Å²) in [5, 5.41) is 6.12. The van der Waals surface area contributed by atoms with Gasteiger partial charge in [-0.15, -0.1) is 0 Å². The highest BCUT2D eigenvalue weighted by Gasteiger charge is 2.28. The van der Waals surface area contributed by atoms with Crippen molar-refractivity contribution in [1.29, 1.82) is 0 Å². The first-order valence-electron chi connectivity index (χ1n) is 6.48. The van der Waals surface area contributed by atoms with E-state index in [1.165, 1.54) is 38.8 Å². The van der Waals surface area contributed by atoms with Crippen molar-refractivity contribution in [1.82, 2.24) is 15.5 Å². The molecule has 2 rings (SSSR count). The molecule has 2 amide bonds. The Morgan fingerprint density at radius 1 is 1.12 bits per heavy atom. The minimum absolute atomic E-state index is 0.0868. The Balaban J connectivity index is 1.78. The molecule has 0 saturated carbocycles. The monoisotopic (exact) mass is 225 g/mol. The molecule has 2 N–H and O–H groups in total. The van der Waals surface area contributed by atoms with Gasteiger partial charge < -0.3 is 15.5 Å². The van der Waals surface area contributed by atoms with E-state index in [4.69, 9.17) is 0 Å². The van der Waals surface area contributed by atoms with Crippen molar-refractivity contribution in [3.8, 4) is 0 Å². The first-order chi connectivity index (χ1) is 7.81. The van der Waals surface area contributed by atoms with Crippen LogP contribution in [0.5, 0.6) is 0 Å². The van der Waals surface area contributed by atoms with Crippen molar-refractivity contribution in [3.05, 3.63) is 0 Å². The summed E-state index contributed by atoms with van der Waals surface area (Å²) in [4.78, 5) is 13.4. The number of amides is 2. The highest BCUT2D eigenvalue weighted by atomic mass is 16.2. The minimum atomic E-state index is 0.0868. The number of hydrogen-bond acceptors (Lipinski definition) is 2. The van der Waals surface area contributed by atoms with Gasteiger partial charge in [0, 0.05) is 20.1 Å². The molecule has 0 aromatic heterocycles. The van der Waals surface area contributed by atoms with Gasteiger partial charge >= 0.3 is 6.03 Å². The molecule has 0 atom stereocenters. The van der Waals surface area contributed by atoms with Crippen molar-refractivity contribution < 1.29 is 4.79 Å². The summed E-state index contributed by atoms with van der Waals surface area (Å²) in [6, 6.07) is 0.0868. The predicted octanol–water partition coefficient (Wildman–Crippen LogP) is 1.04. The average Bonchev–Trinajstić information content (AvgIpc) is 2.39. The highest BCUT2D eigenvalue weighted by Crippen LogP contribution is 2.30. The fraction of sp³-hybridized carbons (Fsp3) is 0.917. The van der Waals surface area contributed by atoms with E-state index < -0.39 is 0 Å². The van der Waals surface area contributed by atoms with Gasteiger partial charge in [0.25, 0.3) is 0 Å². The number of piperidine rings is 2. The molecule has 4 heteroatoms. The topological polar surface area (TPSA) is 44.4 Å². The molecular weight excluding hydrogens is 202 g/mol. The quantitative estimate of drug-likeness (QED) is 0.700. The molecule has 0 radical (unpaired) electrons. The van der Waals surface area contributed by atoms with Crippen LogP contribution in [0, 0.1) is 11.8 Å². The molecule has 2 aliphatic rings. The molecule has 2 aliphatic heterocycles. The van der Waals surface area contributed by atoms with Crippen LogP contribution in [-0.4, -0.2) is 44.2 Å². The van der Waals surface area contributed by atoms with Crippen LogP contribution in [0.4, 0.5) is 4.79 Å². The van der Waals surface area contributed by atoms with E-state index in [-0.39, 0.29) is 6.03 Å². The lowest BCUT2D eigenvalue weighted by atomic mass is 9.79. The van der Waals surface area contributed by atoms with Crippen LogP contribution < -0.4 is 10.6 Å². The van der Waals surface area contributed by atoms with Crippen LogP contribution in [0.2, 0.25) is 0 Å². The second-order valence-electron chi connectivity index (χ2n) is 4.97. The predicted molar refractivity (Wildman–Crippen MR) is 64.3 cm³/mol. The standard InChI is InChI=1S/C12H23N3O/c1-13-12(16)15-8-4-11(5-9-15)10-2-6-14-7-3-10/h10-11,14H,2-9H2,1H3,(H,13,16). The number of carbonyl (C=O) groups excluding carboxylic acids is 1. The largest absolute Gasteiger partial charge is 0.341 e. The zero-order valence-electron chi connectivity index (χ0n) is 10.2. The van der Waals surface area contributed by atoms with Gasteiger partial charge in [-0.25, -0.2) is 4.79 Å². The van der Waals surface area contributed by atoms with Gasteiger partial charge in [-0.1, -0.05) is 0 Å². The van der Waals surface area contributed by atoms with E-state index in [2.05, 4.69) is 10.6 Å². The maximum absolute atomic E-state index is 11.5. The van der Waals surface area contributed by atoms with Gasteiger partial charge in [-0.2, -0.15) is 0 Å². The number of carbonyl (C=O) groups is 1. The minimum Gasteiger partial charge on any atom is -0.341 e. The summed E-state index contributed by atoms with van der Waals surface area (Å²) < 4.78 is 0. The van der Waals surface area contributed by atoms with Gasteiger partial charge in [0.2, 0.25) is 0 Å². The maximum Gasteiger partial charge on any atom is 0.317 e. The molecule has 0 aromatic carbocycles. The highest BCUT2D eigenvalue weighted by molar-refractivity contribution is 5.73. The lowest BCUT2D eigenvalue weighted by molar-refractivity contribution is 0.138. The van der Waals surface area contributed by atoms with E-state index in [1.54, 1.807) is 7.05 Å². The van der Waals surface area contributed by atoms with Crippen molar-refractivity contribution >= 4 is 6.03 Å². The van der Waals surface area contributed by atoms with Crippen LogP contribution in [0.15, 0.2) is 0 Å². The Morgan fingerprint density at radius 3 is 2.25 bits per heavy atom. The summed E-state index contributed by atoms with van der Waals surface area (Å²) in [6.45, 7) is 4.24. The Morgan fingerprint density at radius 2 is 1.69 bits per heavy atom. The summed E-state index contributed by atoms with van der Waals surface area (Å²) in [6.07, 6.45) is 5.03. The lowest BCUT2D eigenvalue weighted by Crippen LogP contribution is -2.45. The Labute approximate surface area is 97.8 Å². The molecule has 0 aliphatic carbocycles. The molecule has 2 saturated heterocycles. The van der Waals surface area contributed by atoms with Crippen LogP contribution in [0.25, 0.3) is 0 Å². The van der Waals surface area contributed by atoms with Crippen molar-refractivity contribution in [2.75, 3.05) is 33.2 Å². The van der Waals surface area contributed by atoms with E-state index in [9.17, 15) is 4.79 Å². The zero-order chi connectivity index (χ0) is 11.4. The number of nitrogens with one attached hydrogen (secondary N) is 2. The van der Waals surface area contributed by atoms with Gasteiger partial charge in [0.05, 0.1) is 0 Å². The van der Waals surface area contributed by atoms with Crippen molar-refractivity contribution in [2.45, 2.75) is 25.7 Å². The van der Waals surface area contributed by atoms with Crippen LogP contribution in [-0.2, 0) is 0 Å². The fourth-order valence-corrected chi connectivity index (χ4v) is 3.05. The SMILES string of the molecule is CNC(=O)N1CCC(C2CCNCC2)CC1. The third-order valence-corrected chi connectivity index (χ3v) is 4.09. The smallest absolute Gasteiger partial charge is 0.317 e. The van der Waals surface area contributed by atoms with Gasteiger partial charge in [0.15, 0.2) is 0 Å². The molecule has 2 heterocycles. The number of rotatable bonds is 1. The molecule has 4 nitrogen and oxygen atoms in total. The first-order valence-corrected chi connectivity index (χ1v) is 6.48. The lowest BCUT2D eigenvalue weighted by Gasteiger charge is -2.37. The molecular formula is C12H23N3O. The van der Waals surface area contributed by atoms with Crippen LogP contribution in [0.1, 0.15) is 25.7 Å². The summed E-state index contributed by atoms with van der Waals surface area (Å²) in [7, 11) is 1.71. The Bertz CT molecular complexity index is 230. The van der Waals surface area contributed by atoms with Crippen molar-refractivity contribution in [3.63, 3.8) is 0 Å². The van der Waals surface area contributed by atoms with Gasteiger partial charge in [-0.3, -0.25) is 0 Å². The normalized spacial score (nSPS) is 24.4. The Kier molecular flexibility index (Phi) is 4.04. The number of nitrogens with zero attached hydrogens (tertiary/aromatic N) is 1. The van der Waals surface area contributed by atoms with E-state index in [0.29, 0.717) is 0 Å². The first kappa shape index (κ1) is 11.7.